The molecule has 0 saturated heterocycles. The average Bonchev–Trinajstić information content (AvgIpc) is 3.76. The van der Waals surface area contributed by atoms with E-state index >= 15 is 0 Å². The molecule has 0 fully saturated rings. The Bertz CT molecular complexity index is 2790. The van der Waals surface area contributed by atoms with Crippen LogP contribution in [0.5, 0.6) is 0 Å². The molecule has 0 aliphatic rings. The highest BCUT2D eigenvalue weighted by atomic mass is 16.3. The number of furan rings is 2. The number of hydrogen-bond acceptors (Lipinski definition) is 5. The first-order valence-electron chi connectivity index (χ1n) is 16.7. The minimum atomic E-state index is 0.775. The Morgan fingerprint density at radius 2 is 0.980 bits per heavy atom. The van der Waals surface area contributed by atoms with Crippen molar-refractivity contribution in [3.05, 3.63) is 176 Å². The van der Waals surface area contributed by atoms with Gasteiger partial charge in [-0.15, -0.1) is 0 Å². The van der Waals surface area contributed by atoms with Crippen LogP contribution in [-0.4, -0.2) is 4.98 Å². The molecule has 10 rings (SSSR count). The zero-order valence-corrected chi connectivity index (χ0v) is 26.9. The van der Waals surface area contributed by atoms with Crippen molar-refractivity contribution in [3.63, 3.8) is 0 Å². The number of pyridine rings is 1. The molecular formula is C45H29N3O2. The number of nitrogens with zero attached hydrogens (tertiary/aromatic N) is 3. The van der Waals surface area contributed by atoms with Crippen molar-refractivity contribution in [2.45, 2.75) is 0 Å². The molecule has 0 bridgehead atoms. The third-order valence-corrected chi connectivity index (χ3v) is 9.44. The van der Waals surface area contributed by atoms with Gasteiger partial charge in [-0.05, 0) is 78.9 Å². The summed E-state index contributed by atoms with van der Waals surface area (Å²) in [7, 11) is 0. The summed E-state index contributed by atoms with van der Waals surface area (Å²) in [6, 6.07) is 58.6. The van der Waals surface area contributed by atoms with E-state index in [0.717, 1.165) is 88.9 Å². The molecule has 0 aliphatic heterocycles. The molecule has 0 N–H and O–H groups in total. The van der Waals surface area contributed by atoms with E-state index in [1.165, 1.54) is 0 Å². The molecule has 0 spiro atoms. The van der Waals surface area contributed by atoms with Gasteiger partial charge in [0.05, 0.1) is 22.3 Å². The first-order chi connectivity index (χ1) is 24.8. The topological polar surface area (TPSA) is 45.7 Å². The summed E-state index contributed by atoms with van der Waals surface area (Å²) in [5.41, 5.74) is 10.1. The Labute approximate surface area is 287 Å². The van der Waals surface area contributed by atoms with Gasteiger partial charge >= 0.3 is 0 Å². The van der Waals surface area contributed by atoms with Crippen molar-refractivity contribution in [3.8, 4) is 0 Å². The Kier molecular flexibility index (Phi) is 6.42. The molecule has 0 saturated carbocycles. The number of benzene rings is 7. The van der Waals surface area contributed by atoms with Gasteiger partial charge in [0.1, 0.15) is 16.7 Å². The quantitative estimate of drug-likeness (QED) is 0.180. The van der Waals surface area contributed by atoms with Gasteiger partial charge in [-0.25, -0.2) is 0 Å². The number of aromatic nitrogens is 1. The number of anilines is 6. The Hall–Kier alpha value is -6.85. The van der Waals surface area contributed by atoms with Crippen LogP contribution in [0.3, 0.4) is 0 Å². The van der Waals surface area contributed by atoms with Gasteiger partial charge in [0, 0.05) is 50.5 Å². The van der Waals surface area contributed by atoms with E-state index in [1.54, 1.807) is 0 Å². The van der Waals surface area contributed by atoms with E-state index in [1.807, 2.05) is 48.7 Å². The highest BCUT2D eigenvalue weighted by molar-refractivity contribution is 6.19. The van der Waals surface area contributed by atoms with E-state index in [4.69, 9.17) is 13.8 Å². The van der Waals surface area contributed by atoms with Crippen molar-refractivity contribution in [1.29, 1.82) is 0 Å². The Morgan fingerprint density at radius 3 is 1.70 bits per heavy atom. The van der Waals surface area contributed by atoms with Gasteiger partial charge < -0.3 is 18.6 Å². The average molecular weight is 644 g/mol. The molecule has 0 amide bonds. The summed E-state index contributed by atoms with van der Waals surface area (Å²) in [5.74, 6) is 0. The highest BCUT2D eigenvalue weighted by Gasteiger charge is 2.26. The highest BCUT2D eigenvalue weighted by Crippen LogP contribution is 2.49. The summed E-state index contributed by atoms with van der Waals surface area (Å²) >= 11 is 0. The zero-order valence-electron chi connectivity index (χ0n) is 26.9. The lowest BCUT2D eigenvalue weighted by atomic mass is 10.0. The summed E-state index contributed by atoms with van der Waals surface area (Å²) in [6.07, 6.45) is 1.95. The minimum Gasteiger partial charge on any atom is -0.456 e. The predicted molar refractivity (Wildman–Crippen MR) is 206 cm³/mol. The van der Waals surface area contributed by atoms with Crippen LogP contribution in [0.1, 0.15) is 0 Å². The van der Waals surface area contributed by atoms with Gasteiger partial charge in [0.2, 0.25) is 0 Å². The standard InChI is InChI=1S/C45H29N3O2/c1-4-15-30(16-5-1)47(31-17-6-2-7-18-31)33-27-36-37-29-46-38-23-12-10-21-34(38)44(37)50-45(36)40(28-33)48(32-19-8-3-9-20-32)39-24-14-26-42-43(39)35-22-11-13-25-41(35)49-42/h1-29H. The monoisotopic (exact) mass is 643 g/mol. The molecule has 7 aromatic carbocycles. The minimum absolute atomic E-state index is 0.775. The van der Waals surface area contributed by atoms with E-state index in [9.17, 15) is 0 Å². The van der Waals surface area contributed by atoms with Crippen LogP contribution in [-0.2, 0) is 0 Å². The lowest BCUT2D eigenvalue weighted by Crippen LogP contribution is -2.13. The number of hydrogen-bond donors (Lipinski definition) is 0. The SMILES string of the molecule is c1ccc(N(c2ccccc2)c2cc(N(c3ccccc3)c3cccc4oc5ccccc5c34)c3oc4c5ccccc5ncc4c3c2)cc1. The summed E-state index contributed by atoms with van der Waals surface area (Å²) in [4.78, 5) is 9.49. The van der Waals surface area contributed by atoms with Gasteiger partial charge in [0.25, 0.3) is 0 Å². The van der Waals surface area contributed by atoms with Gasteiger partial charge in [0.15, 0.2) is 5.58 Å². The molecule has 5 heteroatoms. The van der Waals surface area contributed by atoms with Crippen LogP contribution in [0.4, 0.5) is 34.1 Å². The van der Waals surface area contributed by atoms with Crippen molar-refractivity contribution in [2.75, 3.05) is 9.80 Å². The molecule has 236 valence electrons. The van der Waals surface area contributed by atoms with Crippen molar-refractivity contribution >= 4 is 88.9 Å². The largest absolute Gasteiger partial charge is 0.456 e. The molecule has 0 radical (unpaired) electrons. The van der Waals surface area contributed by atoms with Crippen LogP contribution in [0.25, 0.3) is 54.8 Å². The molecule has 10 aromatic rings. The zero-order chi connectivity index (χ0) is 33.0. The van der Waals surface area contributed by atoms with E-state index in [0.29, 0.717) is 0 Å². The fourth-order valence-electron chi connectivity index (χ4n) is 7.25. The molecule has 50 heavy (non-hydrogen) atoms. The second kappa shape index (κ2) is 11.4. The summed E-state index contributed by atoms with van der Waals surface area (Å²) < 4.78 is 13.4. The molecule has 0 unspecified atom stereocenters. The molecular weight excluding hydrogens is 615 g/mol. The first-order valence-corrected chi connectivity index (χ1v) is 16.7. The van der Waals surface area contributed by atoms with Crippen LogP contribution < -0.4 is 9.80 Å². The molecule has 3 heterocycles. The molecule has 0 atom stereocenters. The van der Waals surface area contributed by atoms with Crippen LogP contribution in [0.2, 0.25) is 0 Å². The van der Waals surface area contributed by atoms with Crippen LogP contribution in [0.15, 0.2) is 185 Å². The third kappa shape index (κ3) is 4.45. The second-order valence-electron chi connectivity index (χ2n) is 12.4. The van der Waals surface area contributed by atoms with E-state index in [-0.39, 0.29) is 0 Å². The number of para-hydroxylation sites is 5. The summed E-state index contributed by atoms with van der Waals surface area (Å²) in [5, 5.41) is 5.01. The normalized spacial score (nSPS) is 11.6. The van der Waals surface area contributed by atoms with Crippen molar-refractivity contribution in [2.24, 2.45) is 0 Å². The maximum atomic E-state index is 7.02. The van der Waals surface area contributed by atoms with Crippen molar-refractivity contribution in [1.82, 2.24) is 4.98 Å². The van der Waals surface area contributed by atoms with Crippen molar-refractivity contribution < 1.29 is 8.83 Å². The van der Waals surface area contributed by atoms with Gasteiger partial charge in [-0.3, -0.25) is 4.98 Å². The van der Waals surface area contributed by atoms with E-state index in [2.05, 4.69) is 137 Å². The fraction of sp³-hybridized carbons (Fsp3) is 0. The molecule has 3 aromatic heterocycles. The van der Waals surface area contributed by atoms with Gasteiger partial charge in [-0.1, -0.05) is 91.0 Å². The molecule has 5 nitrogen and oxygen atoms in total. The lowest BCUT2D eigenvalue weighted by Gasteiger charge is -2.30. The van der Waals surface area contributed by atoms with Crippen LogP contribution >= 0.6 is 0 Å². The maximum Gasteiger partial charge on any atom is 0.159 e. The summed E-state index contributed by atoms with van der Waals surface area (Å²) in [6.45, 7) is 0. The third-order valence-electron chi connectivity index (χ3n) is 9.44. The number of rotatable bonds is 6. The Balaban J connectivity index is 1.35. The Morgan fingerprint density at radius 1 is 0.380 bits per heavy atom. The van der Waals surface area contributed by atoms with Crippen LogP contribution in [0, 0.1) is 0 Å². The maximum absolute atomic E-state index is 7.02. The first kappa shape index (κ1) is 28.2. The smallest absolute Gasteiger partial charge is 0.159 e. The fourth-order valence-corrected chi connectivity index (χ4v) is 7.25. The molecule has 0 aliphatic carbocycles. The van der Waals surface area contributed by atoms with Gasteiger partial charge in [-0.2, -0.15) is 0 Å². The lowest BCUT2D eigenvalue weighted by molar-refractivity contribution is 0.668. The number of fused-ring (bicyclic) bond motifs is 8. The predicted octanol–water partition coefficient (Wildman–Crippen LogP) is 13.0. The second-order valence-corrected chi connectivity index (χ2v) is 12.4. The van der Waals surface area contributed by atoms with E-state index < -0.39 is 0 Å².